The van der Waals surface area contributed by atoms with Crippen molar-refractivity contribution in [2.45, 2.75) is 77.7 Å². The number of Topliss-reactive ketones (excluding diaryl/α,β-unsaturated/α-hetero) is 1. The van der Waals surface area contributed by atoms with Gasteiger partial charge in [-0.25, -0.2) is 4.79 Å². The number of rotatable bonds is 3. The molecule has 0 saturated heterocycles. The van der Waals surface area contributed by atoms with Crippen molar-refractivity contribution >= 4 is 11.9 Å². The third-order valence-electron chi connectivity index (χ3n) is 7.77. The van der Waals surface area contributed by atoms with Gasteiger partial charge in [0.1, 0.15) is 11.5 Å². The number of nitrogens with one attached hydrogen (secondary N) is 1. The zero-order valence-electron chi connectivity index (χ0n) is 18.0. The summed E-state index contributed by atoms with van der Waals surface area (Å²) in [6, 6.07) is 4.23. The van der Waals surface area contributed by atoms with Crippen molar-refractivity contribution in [1.29, 1.82) is 0 Å². The lowest BCUT2D eigenvalue weighted by molar-refractivity contribution is -0.129. The number of fused-ring (bicyclic) bond motifs is 5. The Hall–Kier alpha value is -1.88. The molecule has 29 heavy (non-hydrogen) atoms. The summed E-state index contributed by atoms with van der Waals surface area (Å²) in [5, 5.41) is 12.0. The fraction of sp³-hybridized carbons (Fsp3) is 0.667. The highest BCUT2D eigenvalue weighted by Crippen LogP contribution is 2.59. The summed E-state index contributed by atoms with van der Waals surface area (Å²) in [6.45, 7) is 7.53. The molecule has 0 aromatic heterocycles. The van der Waals surface area contributed by atoms with Gasteiger partial charge in [-0.15, -0.1) is 0 Å². The molecule has 4 rings (SSSR count). The first-order valence-electron chi connectivity index (χ1n) is 10.9. The van der Waals surface area contributed by atoms with Gasteiger partial charge in [0.25, 0.3) is 0 Å². The lowest BCUT2D eigenvalue weighted by atomic mass is 9.55. The topological polar surface area (TPSA) is 75.6 Å². The van der Waals surface area contributed by atoms with Crippen molar-refractivity contribution in [3.8, 4) is 5.75 Å². The molecule has 4 atom stereocenters. The maximum Gasteiger partial charge on any atom is 0.413 e. The fourth-order valence-electron chi connectivity index (χ4n) is 6.03. The number of aliphatic hydroxyl groups excluding tert-OH is 1. The van der Waals surface area contributed by atoms with E-state index in [9.17, 15) is 14.7 Å². The van der Waals surface area contributed by atoms with E-state index in [1.54, 1.807) is 13.8 Å². The van der Waals surface area contributed by atoms with Crippen molar-refractivity contribution in [2.75, 3.05) is 6.61 Å². The van der Waals surface area contributed by atoms with Crippen LogP contribution in [-0.2, 0) is 11.2 Å². The number of carbonyl (C=O) groups excluding carboxylic acids is 2. The van der Waals surface area contributed by atoms with E-state index in [1.807, 2.05) is 13.0 Å². The average molecular weight is 400 g/mol. The normalized spacial score (nSPS) is 30.9. The second kappa shape index (κ2) is 7.12. The lowest BCUT2D eigenvalue weighted by Gasteiger charge is -2.48. The first kappa shape index (κ1) is 20.4. The third-order valence-corrected chi connectivity index (χ3v) is 7.77. The van der Waals surface area contributed by atoms with Crippen molar-refractivity contribution < 1.29 is 19.4 Å². The van der Waals surface area contributed by atoms with Crippen LogP contribution in [0.4, 0.5) is 4.79 Å². The average Bonchev–Trinajstić information content (AvgIpc) is 2.97. The molecule has 0 heterocycles. The molecule has 0 bridgehead atoms. The number of amides is 1. The molecule has 3 aliphatic rings. The van der Waals surface area contributed by atoms with Gasteiger partial charge < -0.3 is 15.2 Å². The smallest absolute Gasteiger partial charge is 0.410 e. The fourth-order valence-corrected chi connectivity index (χ4v) is 6.03. The predicted molar refractivity (Wildman–Crippen MR) is 111 cm³/mol. The van der Waals surface area contributed by atoms with E-state index < -0.39 is 11.6 Å². The molecule has 2 N–H and O–H groups in total. The Balaban J connectivity index is 1.56. The molecule has 0 spiro atoms. The SMILES string of the molecule is Cc1cc2c(cc1OC(=O)NC(C)(C)CO)CCC1C2CCC2(C)C(=O)CCC12. The standard InChI is InChI=1S/C24H33NO4/c1-14-11-18-15(12-20(14)29-22(28)25-23(2,3)13-26)5-6-17-16(18)9-10-24(4)19(17)7-8-21(24)27/h11-12,16-17,19,26H,5-10,13H2,1-4H3,(H,25,28). The van der Waals surface area contributed by atoms with E-state index in [0.717, 1.165) is 44.1 Å². The lowest BCUT2D eigenvalue weighted by Crippen LogP contribution is -2.47. The highest BCUT2D eigenvalue weighted by molar-refractivity contribution is 5.87. The van der Waals surface area contributed by atoms with Crippen molar-refractivity contribution in [3.05, 3.63) is 28.8 Å². The van der Waals surface area contributed by atoms with E-state index >= 15 is 0 Å². The van der Waals surface area contributed by atoms with E-state index in [2.05, 4.69) is 18.3 Å². The van der Waals surface area contributed by atoms with Crippen LogP contribution in [-0.4, -0.2) is 29.1 Å². The van der Waals surface area contributed by atoms with Crippen LogP contribution in [0.3, 0.4) is 0 Å². The summed E-state index contributed by atoms with van der Waals surface area (Å²) in [7, 11) is 0. The van der Waals surface area contributed by atoms with Crippen molar-refractivity contribution in [2.24, 2.45) is 17.3 Å². The first-order valence-corrected chi connectivity index (χ1v) is 10.9. The molecule has 2 saturated carbocycles. The quantitative estimate of drug-likeness (QED) is 0.795. The number of hydrogen-bond donors (Lipinski definition) is 2. The number of carbonyl (C=O) groups is 2. The highest BCUT2D eigenvalue weighted by atomic mass is 16.6. The molecule has 158 valence electrons. The van der Waals surface area contributed by atoms with Crippen LogP contribution in [0.15, 0.2) is 12.1 Å². The van der Waals surface area contributed by atoms with Crippen molar-refractivity contribution in [3.63, 3.8) is 0 Å². The van der Waals surface area contributed by atoms with Crippen molar-refractivity contribution in [1.82, 2.24) is 5.32 Å². The van der Waals surface area contributed by atoms with E-state index in [4.69, 9.17) is 4.74 Å². The van der Waals surface area contributed by atoms with Crippen LogP contribution in [0.25, 0.3) is 0 Å². The molecule has 1 aromatic rings. The molecule has 3 aliphatic carbocycles. The van der Waals surface area contributed by atoms with E-state index in [0.29, 0.717) is 29.3 Å². The summed E-state index contributed by atoms with van der Waals surface area (Å²) >= 11 is 0. The van der Waals surface area contributed by atoms with Crippen LogP contribution in [0, 0.1) is 24.2 Å². The van der Waals surface area contributed by atoms with Gasteiger partial charge in [0.05, 0.1) is 12.1 Å². The predicted octanol–water partition coefficient (Wildman–Crippen LogP) is 4.28. The number of ether oxygens (including phenoxy) is 1. The monoisotopic (exact) mass is 399 g/mol. The number of aliphatic hydroxyl groups is 1. The second-order valence-corrected chi connectivity index (χ2v) is 10.2. The second-order valence-electron chi connectivity index (χ2n) is 10.2. The van der Waals surface area contributed by atoms with Gasteiger partial charge in [0, 0.05) is 11.8 Å². The highest BCUT2D eigenvalue weighted by Gasteiger charge is 2.54. The summed E-state index contributed by atoms with van der Waals surface area (Å²) < 4.78 is 5.58. The molecule has 5 nitrogen and oxygen atoms in total. The molecule has 2 fully saturated rings. The van der Waals surface area contributed by atoms with Crippen LogP contribution < -0.4 is 10.1 Å². The molecule has 0 aliphatic heterocycles. The van der Waals surface area contributed by atoms with Gasteiger partial charge in [-0.2, -0.15) is 0 Å². The Labute approximate surface area is 173 Å². The van der Waals surface area contributed by atoms with Gasteiger partial charge in [0.15, 0.2) is 0 Å². The minimum absolute atomic E-state index is 0.103. The zero-order valence-corrected chi connectivity index (χ0v) is 18.0. The number of aryl methyl sites for hydroxylation is 2. The van der Waals surface area contributed by atoms with Gasteiger partial charge in [-0.3, -0.25) is 4.79 Å². The number of benzene rings is 1. The Morgan fingerprint density at radius 2 is 2.03 bits per heavy atom. The molecule has 1 amide bonds. The minimum Gasteiger partial charge on any atom is -0.410 e. The summed E-state index contributed by atoms with van der Waals surface area (Å²) in [6.07, 6.45) is 5.40. The Bertz CT molecular complexity index is 846. The molecule has 4 unspecified atom stereocenters. The third kappa shape index (κ3) is 3.48. The first-order chi connectivity index (χ1) is 13.6. The molecular formula is C24H33NO4. The van der Waals surface area contributed by atoms with Crippen LogP contribution in [0.1, 0.15) is 75.5 Å². The summed E-state index contributed by atoms with van der Waals surface area (Å²) in [4.78, 5) is 24.8. The molecule has 5 heteroatoms. The molecule has 1 aromatic carbocycles. The van der Waals surface area contributed by atoms with Gasteiger partial charge >= 0.3 is 6.09 Å². The van der Waals surface area contributed by atoms with Crippen LogP contribution >= 0.6 is 0 Å². The number of hydrogen-bond acceptors (Lipinski definition) is 4. The van der Waals surface area contributed by atoms with Gasteiger partial charge in [-0.1, -0.05) is 13.0 Å². The summed E-state index contributed by atoms with van der Waals surface area (Å²) in [5.74, 6) is 2.68. The van der Waals surface area contributed by atoms with E-state index in [1.165, 1.54) is 11.1 Å². The molecular weight excluding hydrogens is 366 g/mol. The maximum absolute atomic E-state index is 12.5. The zero-order chi connectivity index (χ0) is 21.0. The Morgan fingerprint density at radius 3 is 2.76 bits per heavy atom. The van der Waals surface area contributed by atoms with Gasteiger partial charge in [-0.05, 0) is 93.4 Å². The Morgan fingerprint density at radius 1 is 1.28 bits per heavy atom. The van der Waals surface area contributed by atoms with Crippen LogP contribution in [0.5, 0.6) is 5.75 Å². The Kier molecular flexibility index (Phi) is 5.01. The maximum atomic E-state index is 12.5. The van der Waals surface area contributed by atoms with Crippen LogP contribution in [0.2, 0.25) is 0 Å². The summed E-state index contributed by atoms with van der Waals surface area (Å²) in [5.41, 5.74) is 2.80. The van der Waals surface area contributed by atoms with E-state index in [-0.39, 0.29) is 12.0 Å². The van der Waals surface area contributed by atoms with Gasteiger partial charge in [0.2, 0.25) is 0 Å². The number of ketones is 1. The largest absolute Gasteiger partial charge is 0.413 e. The minimum atomic E-state index is -0.722. The molecule has 0 radical (unpaired) electrons.